The number of alkyl halides is 1. The second-order valence-electron chi connectivity index (χ2n) is 4.93. The zero-order chi connectivity index (χ0) is 13.0. The third-order valence-electron chi connectivity index (χ3n) is 3.55. The van der Waals surface area contributed by atoms with Gasteiger partial charge in [0.25, 0.3) is 0 Å². The van der Waals surface area contributed by atoms with Gasteiger partial charge in [-0.1, -0.05) is 30.5 Å². The predicted molar refractivity (Wildman–Crippen MR) is 74.7 cm³/mol. The second-order valence-corrected chi connectivity index (χ2v) is 5.89. The van der Waals surface area contributed by atoms with Crippen molar-refractivity contribution in [2.75, 3.05) is 6.54 Å². The van der Waals surface area contributed by atoms with Crippen molar-refractivity contribution in [2.45, 2.75) is 37.6 Å². The third-order valence-corrected chi connectivity index (χ3v) is 4.48. The first-order valence-electron chi connectivity index (χ1n) is 6.45. The van der Waals surface area contributed by atoms with E-state index in [1.807, 2.05) is 0 Å². The minimum atomic E-state index is -0.295. The molecule has 4 heteroatoms. The van der Waals surface area contributed by atoms with Crippen molar-refractivity contribution in [1.29, 1.82) is 0 Å². The molecular weight excluding hydrogens is 272 g/mol. The fraction of sp³-hybridized carbons (Fsp3) is 0.571. The maximum absolute atomic E-state index is 12.9. The molecule has 1 aromatic rings. The van der Waals surface area contributed by atoms with Crippen LogP contribution in [0, 0.1) is 11.7 Å². The fourth-order valence-corrected chi connectivity index (χ4v) is 3.05. The summed E-state index contributed by atoms with van der Waals surface area (Å²) in [4.78, 5) is 0. The van der Waals surface area contributed by atoms with Crippen molar-refractivity contribution in [3.8, 4) is 0 Å². The van der Waals surface area contributed by atoms with Gasteiger partial charge in [-0.05, 0) is 43.0 Å². The number of benzene rings is 1. The molecule has 1 saturated carbocycles. The molecule has 0 heterocycles. The first-order valence-corrected chi connectivity index (χ1v) is 7.27. The van der Waals surface area contributed by atoms with Crippen LogP contribution in [0.2, 0.25) is 5.02 Å². The summed E-state index contributed by atoms with van der Waals surface area (Å²) >= 11 is 12.3. The highest BCUT2D eigenvalue weighted by Crippen LogP contribution is 2.28. The Labute approximate surface area is 118 Å². The zero-order valence-corrected chi connectivity index (χ0v) is 11.8. The van der Waals surface area contributed by atoms with E-state index in [1.165, 1.54) is 31.4 Å². The summed E-state index contributed by atoms with van der Waals surface area (Å²) in [5.74, 6) is 0.247. The van der Waals surface area contributed by atoms with Gasteiger partial charge in [0, 0.05) is 16.9 Å². The summed E-state index contributed by atoms with van der Waals surface area (Å²) in [7, 11) is 0. The van der Waals surface area contributed by atoms with Crippen molar-refractivity contribution in [1.82, 2.24) is 5.32 Å². The van der Waals surface area contributed by atoms with Gasteiger partial charge in [0.1, 0.15) is 5.82 Å². The van der Waals surface area contributed by atoms with E-state index in [9.17, 15) is 4.39 Å². The van der Waals surface area contributed by atoms with Gasteiger partial charge in [0.2, 0.25) is 0 Å². The topological polar surface area (TPSA) is 12.0 Å². The normalized spacial score (nSPS) is 24.2. The number of halogens is 3. The monoisotopic (exact) mass is 289 g/mol. The van der Waals surface area contributed by atoms with Crippen LogP contribution in [0.25, 0.3) is 0 Å². The highest BCUT2D eigenvalue weighted by molar-refractivity contribution is 6.31. The van der Waals surface area contributed by atoms with Crippen molar-refractivity contribution in [3.05, 3.63) is 34.6 Å². The van der Waals surface area contributed by atoms with E-state index < -0.39 is 0 Å². The van der Waals surface area contributed by atoms with Crippen LogP contribution in [0.5, 0.6) is 0 Å². The number of rotatable bonds is 4. The van der Waals surface area contributed by atoms with Gasteiger partial charge in [-0.25, -0.2) is 4.39 Å². The highest BCUT2D eigenvalue weighted by atomic mass is 35.5. The van der Waals surface area contributed by atoms with Crippen LogP contribution in [0.4, 0.5) is 4.39 Å². The Balaban J connectivity index is 1.81. The standard InChI is InChI=1S/C14H18Cl2FN/c15-13-4-2-1-3-10(13)8-18-9-11-5-6-12(17)7-14(11)16/h5-7,10,13,18H,1-4,8-9H2. The Kier molecular flexibility index (Phi) is 5.28. The van der Waals surface area contributed by atoms with Crippen LogP contribution in [0.3, 0.4) is 0 Å². The van der Waals surface area contributed by atoms with Crippen molar-refractivity contribution < 1.29 is 4.39 Å². The van der Waals surface area contributed by atoms with Gasteiger partial charge >= 0.3 is 0 Å². The summed E-state index contributed by atoms with van der Waals surface area (Å²) in [6.45, 7) is 1.57. The van der Waals surface area contributed by atoms with E-state index >= 15 is 0 Å². The van der Waals surface area contributed by atoms with E-state index in [1.54, 1.807) is 6.07 Å². The predicted octanol–water partition coefficient (Wildman–Crippen LogP) is 4.37. The Morgan fingerprint density at radius 3 is 2.78 bits per heavy atom. The Hall–Kier alpha value is -0.310. The lowest BCUT2D eigenvalue weighted by Crippen LogP contribution is -2.30. The molecule has 1 aromatic carbocycles. The minimum absolute atomic E-state index is 0.287. The average Bonchev–Trinajstić information content (AvgIpc) is 2.34. The van der Waals surface area contributed by atoms with Crippen molar-refractivity contribution in [3.63, 3.8) is 0 Å². The molecule has 0 spiro atoms. The molecule has 0 aromatic heterocycles. The van der Waals surface area contributed by atoms with Crippen LogP contribution in [0.1, 0.15) is 31.2 Å². The lowest BCUT2D eigenvalue weighted by molar-refractivity contribution is 0.348. The van der Waals surface area contributed by atoms with Crippen LogP contribution in [-0.2, 0) is 6.54 Å². The van der Waals surface area contributed by atoms with Crippen LogP contribution < -0.4 is 5.32 Å². The van der Waals surface area contributed by atoms with E-state index in [4.69, 9.17) is 23.2 Å². The Morgan fingerprint density at radius 2 is 2.06 bits per heavy atom. The van der Waals surface area contributed by atoms with E-state index in [0.717, 1.165) is 18.5 Å². The second kappa shape index (κ2) is 6.74. The Morgan fingerprint density at radius 1 is 1.28 bits per heavy atom. The van der Waals surface area contributed by atoms with E-state index in [-0.39, 0.29) is 11.2 Å². The number of hydrogen-bond acceptors (Lipinski definition) is 1. The SMILES string of the molecule is Fc1ccc(CNCC2CCCCC2Cl)c(Cl)c1. The quantitative estimate of drug-likeness (QED) is 0.812. The molecule has 1 N–H and O–H groups in total. The summed E-state index contributed by atoms with van der Waals surface area (Å²) in [6, 6.07) is 4.51. The van der Waals surface area contributed by atoms with Gasteiger partial charge in [0.15, 0.2) is 0 Å². The third kappa shape index (κ3) is 3.84. The lowest BCUT2D eigenvalue weighted by atomic mass is 9.89. The molecule has 1 aliphatic rings. The summed E-state index contributed by atoms with van der Waals surface area (Å²) < 4.78 is 12.9. The van der Waals surface area contributed by atoms with Crippen molar-refractivity contribution in [2.24, 2.45) is 5.92 Å². The number of hydrogen-bond donors (Lipinski definition) is 1. The first kappa shape index (κ1) is 14.1. The van der Waals surface area contributed by atoms with Crippen molar-refractivity contribution >= 4 is 23.2 Å². The maximum atomic E-state index is 12.9. The fourth-order valence-electron chi connectivity index (χ4n) is 2.45. The molecule has 1 fully saturated rings. The smallest absolute Gasteiger partial charge is 0.124 e. The molecule has 0 aliphatic heterocycles. The molecule has 2 unspecified atom stereocenters. The zero-order valence-electron chi connectivity index (χ0n) is 10.3. The molecular formula is C14H18Cl2FN. The average molecular weight is 290 g/mol. The lowest BCUT2D eigenvalue weighted by Gasteiger charge is -2.27. The molecule has 2 atom stereocenters. The molecule has 0 radical (unpaired) electrons. The van der Waals surface area contributed by atoms with Gasteiger partial charge in [-0.3, -0.25) is 0 Å². The first-order chi connectivity index (χ1) is 8.66. The highest BCUT2D eigenvalue weighted by Gasteiger charge is 2.22. The summed E-state index contributed by atoms with van der Waals surface area (Å²) in [6.07, 6.45) is 4.82. The largest absolute Gasteiger partial charge is 0.312 e. The maximum Gasteiger partial charge on any atom is 0.124 e. The summed E-state index contributed by atoms with van der Waals surface area (Å²) in [5, 5.41) is 4.14. The Bertz CT molecular complexity index is 397. The van der Waals surface area contributed by atoms with Crippen LogP contribution >= 0.6 is 23.2 Å². The molecule has 100 valence electrons. The molecule has 2 rings (SSSR count). The molecule has 18 heavy (non-hydrogen) atoms. The summed E-state index contributed by atoms with van der Waals surface area (Å²) in [5.41, 5.74) is 0.931. The minimum Gasteiger partial charge on any atom is -0.312 e. The molecule has 0 saturated heterocycles. The van der Waals surface area contributed by atoms with Gasteiger partial charge < -0.3 is 5.32 Å². The van der Waals surface area contributed by atoms with Gasteiger partial charge in [-0.15, -0.1) is 11.6 Å². The van der Waals surface area contributed by atoms with E-state index in [0.29, 0.717) is 17.5 Å². The molecule has 1 aliphatic carbocycles. The molecule has 0 amide bonds. The molecule has 0 bridgehead atoms. The van der Waals surface area contributed by atoms with Gasteiger partial charge in [-0.2, -0.15) is 0 Å². The van der Waals surface area contributed by atoms with Crippen LogP contribution in [-0.4, -0.2) is 11.9 Å². The number of nitrogens with one attached hydrogen (secondary N) is 1. The van der Waals surface area contributed by atoms with E-state index in [2.05, 4.69) is 5.32 Å². The van der Waals surface area contributed by atoms with Crippen LogP contribution in [0.15, 0.2) is 18.2 Å². The van der Waals surface area contributed by atoms with Gasteiger partial charge in [0.05, 0.1) is 0 Å². The molecule has 1 nitrogen and oxygen atoms in total.